The first kappa shape index (κ1) is 14.1. The molecule has 2 aromatic rings. The van der Waals surface area contributed by atoms with Crippen molar-refractivity contribution in [2.24, 2.45) is 0 Å². The summed E-state index contributed by atoms with van der Waals surface area (Å²) in [7, 11) is 1.91. The summed E-state index contributed by atoms with van der Waals surface area (Å²) in [4.78, 5) is 15.8. The third-order valence-electron chi connectivity index (χ3n) is 4.56. The molecule has 112 valence electrons. The van der Waals surface area contributed by atoms with E-state index in [9.17, 15) is 4.79 Å². The van der Waals surface area contributed by atoms with Crippen molar-refractivity contribution < 1.29 is 9.21 Å². The van der Waals surface area contributed by atoms with Gasteiger partial charge in [-0.25, -0.2) is 0 Å². The third kappa shape index (κ3) is 2.95. The van der Waals surface area contributed by atoms with Gasteiger partial charge in [0.25, 0.3) is 0 Å². The molecule has 4 heteroatoms. The number of nitrogens with zero attached hydrogens (tertiary/aromatic N) is 2. The standard InChI is InChI=1S/C17H22N2O2/c1-13(20)18(2)15-7-9-19(10-8-15)11-14-12-21-17-6-4-3-5-16(14)17/h3-6,12,15H,7-11H2,1-2H3. The highest BCUT2D eigenvalue weighted by Crippen LogP contribution is 2.24. The van der Waals surface area contributed by atoms with Gasteiger partial charge in [0.05, 0.1) is 6.26 Å². The van der Waals surface area contributed by atoms with E-state index < -0.39 is 0 Å². The Labute approximate surface area is 125 Å². The minimum atomic E-state index is 0.161. The van der Waals surface area contributed by atoms with Crippen molar-refractivity contribution in [1.82, 2.24) is 9.80 Å². The Hall–Kier alpha value is -1.81. The molecule has 0 radical (unpaired) electrons. The van der Waals surface area contributed by atoms with Gasteiger partial charge in [-0.05, 0) is 18.9 Å². The van der Waals surface area contributed by atoms with Crippen molar-refractivity contribution in [2.45, 2.75) is 32.4 Å². The van der Waals surface area contributed by atoms with Gasteiger partial charge >= 0.3 is 0 Å². The van der Waals surface area contributed by atoms with Gasteiger partial charge in [0.2, 0.25) is 5.91 Å². The number of furan rings is 1. The van der Waals surface area contributed by atoms with Crippen LogP contribution in [0, 0.1) is 0 Å². The van der Waals surface area contributed by atoms with E-state index >= 15 is 0 Å². The van der Waals surface area contributed by atoms with Crippen molar-refractivity contribution in [3.8, 4) is 0 Å². The van der Waals surface area contributed by atoms with E-state index in [1.165, 1.54) is 10.9 Å². The lowest BCUT2D eigenvalue weighted by atomic mass is 10.0. The Morgan fingerprint density at radius 2 is 2.05 bits per heavy atom. The predicted molar refractivity (Wildman–Crippen MR) is 83.0 cm³/mol. The molecule has 2 heterocycles. The van der Waals surface area contributed by atoms with Crippen LogP contribution in [0.1, 0.15) is 25.3 Å². The van der Waals surface area contributed by atoms with Crippen LogP contribution in [-0.2, 0) is 11.3 Å². The number of likely N-dealkylation sites (tertiary alicyclic amines) is 1. The van der Waals surface area contributed by atoms with E-state index in [4.69, 9.17) is 4.42 Å². The quantitative estimate of drug-likeness (QED) is 0.870. The molecule has 1 aromatic carbocycles. The molecule has 0 spiro atoms. The molecule has 0 bridgehead atoms. The maximum atomic E-state index is 11.4. The van der Waals surface area contributed by atoms with Crippen molar-refractivity contribution >= 4 is 16.9 Å². The van der Waals surface area contributed by atoms with Crippen molar-refractivity contribution in [1.29, 1.82) is 0 Å². The summed E-state index contributed by atoms with van der Waals surface area (Å²) >= 11 is 0. The molecule has 0 unspecified atom stereocenters. The van der Waals surface area contributed by atoms with Crippen LogP contribution in [0.2, 0.25) is 0 Å². The molecule has 1 saturated heterocycles. The SMILES string of the molecule is CC(=O)N(C)C1CCN(Cc2coc3ccccc23)CC1. The van der Waals surface area contributed by atoms with E-state index in [0.29, 0.717) is 6.04 Å². The summed E-state index contributed by atoms with van der Waals surface area (Å²) in [6, 6.07) is 8.56. The van der Waals surface area contributed by atoms with E-state index in [-0.39, 0.29) is 5.91 Å². The summed E-state index contributed by atoms with van der Waals surface area (Å²) in [5.74, 6) is 0.161. The monoisotopic (exact) mass is 286 g/mol. The molecular formula is C17H22N2O2. The second kappa shape index (κ2) is 5.90. The van der Waals surface area contributed by atoms with Gasteiger partial charge in [-0.3, -0.25) is 9.69 Å². The molecular weight excluding hydrogens is 264 g/mol. The number of piperidine rings is 1. The van der Waals surface area contributed by atoms with Gasteiger partial charge in [0.15, 0.2) is 0 Å². The first-order valence-corrected chi connectivity index (χ1v) is 7.56. The molecule has 4 nitrogen and oxygen atoms in total. The number of para-hydroxylation sites is 1. The Kier molecular flexibility index (Phi) is 3.97. The summed E-state index contributed by atoms with van der Waals surface area (Å²) in [6.07, 6.45) is 3.97. The van der Waals surface area contributed by atoms with Crippen LogP contribution in [0.15, 0.2) is 34.9 Å². The number of benzene rings is 1. The number of amides is 1. The predicted octanol–water partition coefficient (Wildman–Crippen LogP) is 2.88. The summed E-state index contributed by atoms with van der Waals surface area (Å²) in [5, 5.41) is 1.21. The zero-order valence-electron chi connectivity index (χ0n) is 12.7. The van der Waals surface area contributed by atoms with Crippen LogP contribution in [0.5, 0.6) is 0 Å². The van der Waals surface area contributed by atoms with Crippen LogP contribution < -0.4 is 0 Å². The molecule has 0 atom stereocenters. The lowest BCUT2D eigenvalue weighted by Crippen LogP contribution is -2.44. The highest BCUT2D eigenvalue weighted by Gasteiger charge is 2.24. The maximum absolute atomic E-state index is 11.4. The third-order valence-corrected chi connectivity index (χ3v) is 4.56. The van der Waals surface area contributed by atoms with Gasteiger partial charge in [-0.1, -0.05) is 18.2 Å². The Bertz CT molecular complexity index is 627. The zero-order chi connectivity index (χ0) is 14.8. The molecule has 1 fully saturated rings. The fraction of sp³-hybridized carbons (Fsp3) is 0.471. The topological polar surface area (TPSA) is 36.7 Å². The number of carbonyl (C=O) groups excluding carboxylic acids is 1. The highest BCUT2D eigenvalue weighted by atomic mass is 16.3. The first-order chi connectivity index (χ1) is 10.1. The van der Waals surface area contributed by atoms with E-state index in [1.807, 2.05) is 30.3 Å². The molecule has 0 N–H and O–H groups in total. The van der Waals surface area contributed by atoms with Gasteiger partial charge in [-0.2, -0.15) is 0 Å². The van der Waals surface area contributed by atoms with E-state index in [0.717, 1.165) is 38.1 Å². The fourth-order valence-electron chi connectivity index (χ4n) is 3.12. The molecule has 21 heavy (non-hydrogen) atoms. The van der Waals surface area contributed by atoms with E-state index in [2.05, 4.69) is 17.0 Å². The average Bonchev–Trinajstić information content (AvgIpc) is 2.91. The number of hydrogen-bond donors (Lipinski definition) is 0. The van der Waals surface area contributed by atoms with Crippen molar-refractivity contribution in [3.05, 3.63) is 36.1 Å². The molecule has 3 rings (SSSR count). The highest BCUT2D eigenvalue weighted by molar-refractivity contribution is 5.80. The average molecular weight is 286 g/mol. The molecule has 0 aliphatic carbocycles. The Morgan fingerprint density at radius 1 is 1.33 bits per heavy atom. The largest absolute Gasteiger partial charge is 0.464 e. The summed E-state index contributed by atoms with van der Waals surface area (Å²) in [5.41, 5.74) is 2.21. The van der Waals surface area contributed by atoms with Crippen LogP contribution in [-0.4, -0.2) is 41.9 Å². The lowest BCUT2D eigenvalue weighted by Gasteiger charge is -2.36. The second-order valence-corrected chi connectivity index (χ2v) is 5.89. The van der Waals surface area contributed by atoms with Crippen molar-refractivity contribution in [2.75, 3.05) is 20.1 Å². The molecule has 0 saturated carbocycles. The smallest absolute Gasteiger partial charge is 0.219 e. The van der Waals surface area contributed by atoms with Crippen LogP contribution in [0.3, 0.4) is 0 Å². The molecule has 1 aliphatic heterocycles. The maximum Gasteiger partial charge on any atom is 0.219 e. The van der Waals surface area contributed by atoms with Gasteiger partial charge < -0.3 is 9.32 Å². The normalized spacial score (nSPS) is 17.2. The van der Waals surface area contributed by atoms with E-state index in [1.54, 1.807) is 6.92 Å². The summed E-state index contributed by atoms with van der Waals surface area (Å²) < 4.78 is 5.60. The number of hydrogen-bond acceptors (Lipinski definition) is 3. The minimum absolute atomic E-state index is 0.161. The van der Waals surface area contributed by atoms with Gasteiger partial charge in [-0.15, -0.1) is 0 Å². The fourth-order valence-corrected chi connectivity index (χ4v) is 3.12. The van der Waals surface area contributed by atoms with Gasteiger partial charge in [0.1, 0.15) is 5.58 Å². The molecule has 1 aromatic heterocycles. The number of rotatable bonds is 3. The number of fused-ring (bicyclic) bond motifs is 1. The van der Waals surface area contributed by atoms with Crippen molar-refractivity contribution in [3.63, 3.8) is 0 Å². The first-order valence-electron chi connectivity index (χ1n) is 7.56. The molecule has 1 amide bonds. The molecule has 1 aliphatic rings. The van der Waals surface area contributed by atoms with Crippen LogP contribution in [0.25, 0.3) is 11.0 Å². The second-order valence-electron chi connectivity index (χ2n) is 5.89. The Morgan fingerprint density at radius 3 is 2.76 bits per heavy atom. The lowest BCUT2D eigenvalue weighted by molar-refractivity contribution is -0.130. The number of carbonyl (C=O) groups is 1. The zero-order valence-corrected chi connectivity index (χ0v) is 12.7. The Balaban J connectivity index is 1.62. The van der Waals surface area contributed by atoms with Crippen LogP contribution in [0.4, 0.5) is 0 Å². The van der Waals surface area contributed by atoms with Crippen LogP contribution >= 0.6 is 0 Å². The minimum Gasteiger partial charge on any atom is -0.464 e. The van der Waals surface area contributed by atoms with Gasteiger partial charge in [0, 0.05) is 50.6 Å². The summed E-state index contributed by atoms with van der Waals surface area (Å²) in [6.45, 7) is 4.63.